The van der Waals surface area contributed by atoms with Gasteiger partial charge in [0, 0.05) is 17.8 Å². The topological polar surface area (TPSA) is 107 Å². The lowest BCUT2D eigenvalue weighted by Gasteiger charge is -2.29. The van der Waals surface area contributed by atoms with Crippen molar-refractivity contribution in [3.05, 3.63) is 101 Å². The van der Waals surface area contributed by atoms with Gasteiger partial charge in [-0.2, -0.15) is 0 Å². The summed E-state index contributed by atoms with van der Waals surface area (Å²) in [6.45, 7) is 1.56. The van der Waals surface area contributed by atoms with E-state index in [2.05, 4.69) is 31.8 Å². The highest BCUT2D eigenvalue weighted by atomic mass is 19.2. The van der Waals surface area contributed by atoms with Gasteiger partial charge in [-0.05, 0) is 72.6 Å². The summed E-state index contributed by atoms with van der Waals surface area (Å²) >= 11 is 0. The van der Waals surface area contributed by atoms with Crippen LogP contribution in [0.25, 0.3) is 0 Å². The second-order valence-corrected chi connectivity index (χ2v) is 8.53. The van der Waals surface area contributed by atoms with Gasteiger partial charge in [-0.15, -0.1) is 0 Å². The normalized spacial score (nSPS) is 17.8. The second kappa shape index (κ2) is 9.69. The number of nitrogens with one attached hydrogen (secondary N) is 5. The largest absolute Gasteiger partial charge is 0.327 e. The Kier molecular flexibility index (Phi) is 6.26. The van der Waals surface area contributed by atoms with Crippen LogP contribution >= 0.6 is 0 Å². The van der Waals surface area contributed by atoms with Crippen molar-refractivity contribution < 1.29 is 22.8 Å². The van der Waals surface area contributed by atoms with Gasteiger partial charge in [0.25, 0.3) is 5.91 Å². The number of anilines is 2. The van der Waals surface area contributed by atoms with Crippen LogP contribution in [0.5, 0.6) is 0 Å². The summed E-state index contributed by atoms with van der Waals surface area (Å²) < 4.78 is 40.5. The summed E-state index contributed by atoms with van der Waals surface area (Å²) in [7, 11) is 0. The smallest absolute Gasteiger partial charge is 0.319 e. The summed E-state index contributed by atoms with van der Waals surface area (Å²) in [5.41, 5.74) is 9.39. The summed E-state index contributed by atoms with van der Waals surface area (Å²) in [4.78, 5) is 29.9. The van der Waals surface area contributed by atoms with Crippen molar-refractivity contribution in [2.75, 3.05) is 10.7 Å². The summed E-state index contributed by atoms with van der Waals surface area (Å²) in [5, 5.41) is 7.96. The Morgan fingerprint density at radius 1 is 0.973 bits per heavy atom. The van der Waals surface area contributed by atoms with Crippen LogP contribution in [0.1, 0.15) is 24.1 Å². The third-order valence-corrected chi connectivity index (χ3v) is 5.94. The van der Waals surface area contributed by atoms with E-state index >= 15 is 0 Å². The monoisotopic (exact) mass is 506 g/mol. The molecule has 2 aliphatic heterocycles. The molecular weight excluding hydrogens is 485 g/mol. The maximum Gasteiger partial charge on any atom is 0.319 e. The van der Waals surface area contributed by atoms with Gasteiger partial charge in [0.15, 0.2) is 11.6 Å². The molecule has 2 heterocycles. The van der Waals surface area contributed by atoms with Crippen molar-refractivity contribution in [2.45, 2.75) is 19.4 Å². The Labute approximate surface area is 209 Å². The molecule has 0 saturated carbocycles. The molecule has 0 radical (unpaired) electrons. The lowest BCUT2D eigenvalue weighted by Crippen LogP contribution is -2.46. The van der Waals surface area contributed by atoms with E-state index in [1.165, 1.54) is 18.2 Å². The predicted molar refractivity (Wildman–Crippen MR) is 132 cm³/mol. The average molecular weight is 506 g/mol. The van der Waals surface area contributed by atoms with Crippen molar-refractivity contribution in [1.29, 1.82) is 0 Å². The molecular formula is C26H21F3N6O2. The number of nitrogens with zero attached hydrogens (tertiary/aromatic N) is 1. The number of amides is 3. The fourth-order valence-electron chi connectivity index (χ4n) is 4.18. The number of aliphatic imine (C=N–C) groups is 1. The van der Waals surface area contributed by atoms with Crippen molar-refractivity contribution in [1.82, 2.24) is 16.1 Å². The van der Waals surface area contributed by atoms with Crippen LogP contribution in [0.2, 0.25) is 0 Å². The highest BCUT2D eigenvalue weighted by Gasteiger charge is 2.32. The Bertz CT molecular complexity index is 1470. The lowest BCUT2D eigenvalue weighted by atomic mass is 9.94. The Balaban J connectivity index is 1.38. The number of benzene rings is 3. The summed E-state index contributed by atoms with van der Waals surface area (Å²) in [5.74, 6) is -2.40. The van der Waals surface area contributed by atoms with Crippen molar-refractivity contribution in [3.8, 4) is 0 Å². The van der Waals surface area contributed by atoms with Gasteiger partial charge in [-0.25, -0.2) is 23.0 Å². The molecule has 0 aliphatic carbocycles. The molecule has 1 atom stereocenters. The minimum atomic E-state index is -1.09. The lowest BCUT2D eigenvalue weighted by molar-refractivity contribution is -0.113. The molecule has 1 unspecified atom stereocenters. The number of allylic oxidation sites excluding steroid dienone is 1. The number of carbonyl (C=O) groups is 2. The summed E-state index contributed by atoms with van der Waals surface area (Å²) in [6.07, 6.45) is 0.417. The third-order valence-electron chi connectivity index (χ3n) is 5.94. The number of hydrogen-bond acceptors (Lipinski definition) is 4. The molecule has 0 bridgehead atoms. The number of hydrazine groups is 1. The number of rotatable bonds is 4. The molecule has 0 fully saturated rings. The van der Waals surface area contributed by atoms with Crippen molar-refractivity contribution in [3.63, 3.8) is 0 Å². The molecule has 0 saturated heterocycles. The molecule has 0 spiro atoms. The maximum atomic E-state index is 13.9. The average Bonchev–Trinajstić information content (AvgIpc) is 2.86. The second-order valence-electron chi connectivity index (χ2n) is 8.53. The fraction of sp³-hybridized carbons (Fsp3) is 0.115. The van der Waals surface area contributed by atoms with Gasteiger partial charge in [0.1, 0.15) is 11.7 Å². The maximum absolute atomic E-state index is 13.9. The van der Waals surface area contributed by atoms with Crippen molar-refractivity contribution >= 4 is 34.8 Å². The number of halogens is 3. The molecule has 0 aromatic heterocycles. The third kappa shape index (κ3) is 5.10. The van der Waals surface area contributed by atoms with Gasteiger partial charge in [0.05, 0.1) is 23.0 Å². The molecule has 11 heteroatoms. The minimum Gasteiger partial charge on any atom is -0.327 e. The van der Waals surface area contributed by atoms with E-state index in [4.69, 9.17) is 0 Å². The van der Waals surface area contributed by atoms with Gasteiger partial charge in [0.2, 0.25) is 0 Å². The number of carbonyl (C=O) groups excluding carboxylic acids is 2. The molecule has 5 N–H and O–H groups in total. The SMILES string of the molecule is CC1=C(C(=O)Nc2ccc3c(c2)CC(=Nc2ccc(F)cc2)NN3)C(c2ccc(F)c(F)c2)NC(=O)N1. The number of hydrogen-bond donors (Lipinski definition) is 5. The van der Waals surface area contributed by atoms with E-state index in [1.54, 1.807) is 37.3 Å². The number of amidine groups is 1. The highest BCUT2D eigenvalue weighted by Crippen LogP contribution is 2.30. The van der Waals surface area contributed by atoms with Crippen LogP contribution in [0.15, 0.2) is 76.9 Å². The zero-order valence-corrected chi connectivity index (χ0v) is 19.5. The van der Waals surface area contributed by atoms with E-state index in [-0.39, 0.29) is 22.7 Å². The zero-order chi connectivity index (χ0) is 26.1. The summed E-state index contributed by atoms with van der Waals surface area (Å²) in [6, 6.07) is 12.7. The Morgan fingerprint density at radius 3 is 2.51 bits per heavy atom. The van der Waals surface area contributed by atoms with Crippen LogP contribution in [0, 0.1) is 17.5 Å². The first-order valence-corrected chi connectivity index (χ1v) is 11.3. The number of fused-ring (bicyclic) bond motifs is 1. The molecule has 37 heavy (non-hydrogen) atoms. The van der Waals surface area contributed by atoms with Crippen LogP contribution in [0.4, 0.5) is 35.0 Å². The van der Waals surface area contributed by atoms with Gasteiger partial charge in [-0.1, -0.05) is 6.07 Å². The predicted octanol–water partition coefficient (Wildman–Crippen LogP) is 4.57. The van der Waals surface area contributed by atoms with E-state index in [0.717, 1.165) is 23.4 Å². The molecule has 3 amide bonds. The fourth-order valence-corrected chi connectivity index (χ4v) is 4.18. The minimum absolute atomic E-state index is 0.154. The van der Waals surface area contributed by atoms with Crippen LogP contribution in [-0.4, -0.2) is 17.8 Å². The zero-order valence-electron chi connectivity index (χ0n) is 19.5. The molecule has 3 aromatic carbocycles. The van der Waals surface area contributed by atoms with Crippen LogP contribution in [0.3, 0.4) is 0 Å². The molecule has 2 aliphatic rings. The Hall–Kier alpha value is -4.80. The first kappa shape index (κ1) is 23.9. The first-order chi connectivity index (χ1) is 17.8. The van der Waals surface area contributed by atoms with Gasteiger partial charge in [-0.3, -0.25) is 15.6 Å². The van der Waals surface area contributed by atoms with Crippen LogP contribution < -0.4 is 26.8 Å². The number of urea groups is 1. The highest BCUT2D eigenvalue weighted by molar-refractivity contribution is 6.07. The quantitative estimate of drug-likeness (QED) is 0.357. The standard InChI is InChI=1S/C26H21F3N6O2/c1-13-23(24(33-26(37)30-13)14-2-8-19(28)20(29)11-14)25(36)32-18-7-9-21-15(10-18)12-22(35-34-21)31-17-5-3-16(27)4-6-17/h2-11,24,34H,12H2,1H3,(H,31,35)(H,32,36)(H2,30,33,37). The molecule has 8 nitrogen and oxygen atoms in total. The van der Waals surface area contributed by atoms with E-state index in [0.29, 0.717) is 23.6 Å². The molecule has 3 aromatic rings. The van der Waals surface area contributed by atoms with Crippen molar-refractivity contribution in [2.24, 2.45) is 4.99 Å². The first-order valence-electron chi connectivity index (χ1n) is 11.3. The van der Waals surface area contributed by atoms with Gasteiger partial charge < -0.3 is 16.0 Å². The van der Waals surface area contributed by atoms with Crippen LogP contribution in [-0.2, 0) is 11.2 Å². The molecule has 5 rings (SSSR count). The van der Waals surface area contributed by atoms with E-state index < -0.39 is 29.6 Å². The van der Waals surface area contributed by atoms with Gasteiger partial charge >= 0.3 is 6.03 Å². The Morgan fingerprint density at radius 2 is 1.76 bits per heavy atom. The van der Waals surface area contributed by atoms with E-state index in [9.17, 15) is 22.8 Å². The van der Waals surface area contributed by atoms with E-state index in [1.807, 2.05) is 0 Å². The molecule has 188 valence electrons.